The molecule has 1 amide bonds. The average molecular weight is 389 g/mol. The third-order valence-corrected chi connectivity index (χ3v) is 6.32. The van der Waals surface area contributed by atoms with Crippen LogP contribution in [0.3, 0.4) is 0 Å². The summed E-state index contributed by atoms with van der Waals surface area (Å²) in [4.78, 5) is 12.4. The van der Waals surface area contributed by atoms with Crippen LogP contribution in [0, 0.1) is 5.82 Å². The molecule has 1 fully saturated rings. The first-order valence-electron chi connectivity index (χ1n) is 8.59. The van der Waals surface area contributed by atoms with Gasteiger partial charge in [0.15, 0.2) is 0 Å². The van der Waals surface area contributed by atoms with E-state index >= 15 is 0 Å². The standard InChI is InChI=1S/C19H20FN3O3S/c1-14(17-6-2-3-7-18(17)20)21-22-19(24)15-8-10-16(11-9-15)27(25,26)23-12-4-5-13-23/h2-3,6-11H,4-5,12-13H2,1H3,(H,22,24)/b21-14-. The minimum absolute atomic E-state index is 0.159. The molecule has 0 atom stereocenters. The second-order valence-corrected chi connectivity index (χ2v) is 8.19. The average Bonchev–Trinajstić information content (AvgIpc) is 3.22. The van der Waals surface area contributed by atoms with Crippen LogP contribution in [0.15, 0.2) is 58.5 Å². The minimum Gasteiger partial charge on any atom is -0.267 e. The molecule has 0 bridgehead atoms. The monoisotopic (exact) mass is 389 g/mol. The van der Waals surface area contributed by atoms with Gasteiger partial charge in [-0.2, -0.15) is 9.41 Å². The highest BCUT2D eigenvalue weighted by Crippen LogP contribution is 2.21. The number of hydrazone groups is 1. The van der Waals surface area contributed by atoms with Crippen molar-refractivity contribution in [1.82, 2.24) is 9.73 Å². The van der Waals surface area contributed by atoms with Crippen LogP contribution in [-0.4, -0.2) is 37.4 Å². The molecule has 1 aliphatic rings. The van der Waals surface area contributed by atoms with Crippen molar-refractivity contribution in [2.75, 3.05) is 13.1 Å². The molecule has 142 valence electrons. The van der Waals surface area contributed by atoms with Gasteiger partial charge in [-0.1, -0.05) is 18.2 Å². The molecule has 27 heavy (non-hydrogen) atoms. The van der Waals surface area contributed by atoms with Crippen LogP contribution in [-0.2, 0) is 10.0 Å². The van der Waals surface area contributed by atoms with Gasteiger partial charge < -0.3 is 0 Å². The van der Waals surface area contributed by atoms with Crippen LogP contribution in [0.25, 0.3) is 0 Å². The molecule has 8 heteroatoms. The second-order valence-electron chi connectivity index (χ2n) is 6.25. The third kappa shape index (κ3) is 4.23. The van der Waals surface area contributed by atoms with Gasteiger partial charge >= 0.3 is 0 Å². The Labute approximate surface area is 157 Å². The molecule has 6 nitrogen and oxygen atoms in total. The zero-order chi connectivity index (χ0) is 19.4. The lowest BCUT2D eigenvalue weighted by Crippen LogP contribution is -2.28. The van der Waals surface area contributed by atoms with Gasteiger partial charge in [0.25, 0.3) is 5.91 Å². The minimum atomic E-state index is -3.52. The fourth-order valence-electron chi connectivity index (χ4n) is 2.87. The number of carbonyl (C=O) groups is 1. The molecule has 0 aliphatic carbocycles. The Morgan fingerprint density at radius 2 is 1.70 bits per heavy atom. The Hall–Kier alpha value is -2.58. The molecule has 0 unspecified atom stereocenters. The molecule has 2 aromatic rings. The van der Waals surface area contributed by atoms with Crippen molar-refractivity contribution < 1.29 is 17.6 Å². The number of hydrogen-bond donors (Lipinski definition) is 1. The molecular formula is C19H20FN3O3S. The van der Waals surface area contributed by atoms with Gasteiger partial charge in [-0.3, -0.25) is 4.79 Å². The molecule has 1 aliphatic heterocycles. The maximum absolute atomic E-state index is 13.7. The lowest BCUT2D eigenvalue weighted by molar-refractivity contribution is 0.0954. The molecule has 1 heterocycles. The van der Waals surface area contributed by atoms with Gasteiger partial charge in [0, 0.05) is 24.2 Å². The van der Waals surface area contributed by atoms with Gasteiger partial charge in [0.2, 0.25) is 10.0 Å². The summed E-state index contributed by atoms with van der Waals surface area (Å²) < 4.78 is 40.1. The number of benzene rings is 2. The number of halogens is 1. The quantitative estimate of drug-likeness (QED) is 0.631. The van der Waals surface area contributed by atoms with E-state index in [1.807, 2.05) is 0 Å². The Balaban J connectivity index is 1.71. The summed E-state index contributed by atoms with van der Waals surface area (Å²) in [5, 5.41) is 3.92. The maximum atomic E-state index is 13.7. The Kier molecular flexibility index (Phi) is 5.67. The summed E-state index contributed by atoms with van der Waals surface area (Å²) in [5.41, 5.74) is 3.25. The van der Waals surface area contributed by atoms with Crippen molar-refractivity contribution in [2.45, 2.75) is 24.7 Å². The van der Waals surface area contributed by atoms with E-state index in [1.54, 1.807) is 25.1 Å². The summed E-state index contributed by atoms with van der Waals surface area (Å²) in [6, 6.07) is 11.8. The lowest BCUT2D eigenvalue weighted by Gasteiger charge is -2.15. The van der Waals surface area contributed by atoms with Crippen molar-refractivity contribution in [1.29, 1.82) is 0 Å². The van der Waals surface area contributed by atoms with Crippen LogP contribution >= 0.6 is 0 Å². The van der Waals surface area contributed by atoms with Crippen molar-refractivity contribution in [3.63, 3.8) is 0 Å². The van der Waals surface area contributed by atoms with Crippen LogP contribution in [0.4, 0.5) is 4.39 Å². The number of hydrogen-bond acceptors (Lipinski definition) is 4. The molecule has 1 N–H and O–H groups in total. The SMILES string of the molecule is C/C(=N/NC(=O)c1ccc(S(=O)(=O)N2CCCC2)cc1)c1ccccc1F. The van der Waals surface area contributed by atoms with Crippen molar-refractivity contribution >= 4 is 21.6 Å². The normalized spacial score (nSPS) is 15.7. The number of rotatable bonds is 5. The van der Waals surface area contributed by atoms with Gasteiger partial charge in [0.1, 0.15) is 5.82 Å². The zero-order valence-corrected chi connectivity index (χ0v) is 15.7. The van der Waals surface area contributed by atoms with E-state index in [4.69, 9.17) is 0 Å². The van der Waals surface area contributed by atoms with E-state index < -0.39 is 21.7 Å². The van der Waals surface area contributed by atoms with Gasteiger partial charge in [-0.25, -0.2) is 18.2 Å². The molecule has 0 radical (unpaired) electrons. The largest absolute Gasteiger partial charge is 0.271 e. The van der Waals surface area contributed by atoms with E-state index in [1.165, 1.54) is 34.6 Å². The topological polar surface area (TPSA) is 78.8 Å². The smallest absolute Gasteiger partial charge is 0.267 e. The predicted molar refractivity (Wildman–Crippen MR) is 101 cm³/mol. The van der Waals surface area contributed by atoms with E-state index in [0.29, 0.717) is 24.4 Å². The molecule has 3 rings (SSSR count). The summed E-state index contributed by atoms with van der Waals surface area (Å²) >= 11 is 0. The Bertz CT molecular complexity index is 966. The number of nitrogens with one attached hydrogen (secondary N) is 1. The van der Waals surface area contributed by atoms with Crippen molar-refractivity contribution in [3.05, 3.63) is 65.5 Å². The fraction of sp³-hybridized carbons (Fsp3) is 0.263. The van der Waals surface area contributed by atoms with Crippen LogP contribution < -0.4 is 5.43 Å². The Morgan fingerprint density at radius 3 is 2.33 bits per heavy atom. The highest BCUT2D eigenvalue weighted by molar-refractivity contribution is 7.89. The molecule has 2 aromatic carbocycles. The third-order valence-electron chi connectivity index (χ3n) is 4.41. The summed E-state index contributed by atoms with van der Waals surface area (Å²) in [6.45, 7) is 2.63. The van der Waals surface area contributed by atoms with Crippen LogP contribution in [0.2, 0.25) is 0 Å². The lowest BCUT2D eigenvalue weighted by atomic mass is 10.1. The number of carbonyl (C=O) groups excluding carboxylic acids is 1. The van der Waals surface area contributed by atoms with Crippen LogP contribution in [0.1, 0.15) is 35.7 Å². The first-order valence-corrected chi connectivity index (χ1v) is 10.0. The van der Waals surface area contributed by atoms with Crippen LogP contribution in [0.5, 0.6) is 0 Å². The Morgan fingerprint density at radius 1 is 1.07 bits per heavy atom. The first kappa shape index (κ1) is 19.2. The molecule has 0 aromatic heterocycles. The molecule has 0 spiro atoms. The van der Waals surface area contributed by atoms with E-state index in [-0.39, 0.29) is 10.5 Å². The van der Waals surface area contributed by atoms with Gasteiger partial charge in [-0.05, 0) is 50.1 Å². The number of sulfonamides is 1. The summed E-state index contributed by atoms with van der Waals surface area (Å²) in [5.74, 6) is -0.930. The highest BCUT2D eigenvalue weighted by atomic mass is 32.2. The molecule has 1 saturated heterocycles. The molecule has 0 saturated carbocycles. The zero-order valence-electron chi connectivity index (χ0n) is 14.9. The summed E-state index contributed by atoms with van der Waals surface area (Å²) in [7, 11) is -3.52. The first-order chi connectivity index (χ1) is 12.9. The van der Waals surface area contributed by atoms with Gasteiger partial charge in [-0.15, -0.1) is 0 Å². The van der Waals surface area contributed by atoms with E-state index in [9.17, 15) is 17.6 Å². The van der Waals surface area contributed by atoms with E-state index in [0.717, 1.165) is 12.8 Å². The predicted octanol–water partition coefficient (Wildman–Crippen LogP) is 2.76. The second kappa shape index (κ2) is 7.98. The molecular weight excluding hydrogens is 369 g/mol. The maximum Gasteiger partial charge on any atom is 0.271 e. The number of amides is 1. The highest BCUT2D eigenvalue weighted by Gasteiger charge is 2.27. The van der Waals surface area contributed by atoms with Gasteiger partial charge in [0.05, 0.1) is 10.6 Å². The van der Waals surface area contributed by atoms with Crippen molar-refractivity contribution in [2.24, 2.45) is 5.10 Å². The fourth-order valence-corrected chi connectivity index (χ4v) is 4.39. The van der Waals surface area contributed by atoms with E-state index in [2.05, 4.69) is 10.5 Å². The number of nitrogens with zero attached hydrogens (tertiary/aromatic N) is 2. The summed E-state index contributed by atoms with van der Waals surface area (Å²) in [6.07, 6.45) is 1.72. The van der Waals surface area contributed by atoms with Crippen molar-refractivity contribution in [3.8, 4) is 0 Å².